The second-order valence-corrected chi connectivity index (χ2v) is 11.1. The minimum absolute atomic E-state index is 0.0634. The van der Waals surface area contributed by atoms with E-state index in [0.717, 1.165) is 38.2 Å². The highest BCUT2D eigenvalue weighted by atomic mass is 35.5. The van der Waals surface area contributed by atoms with Gasteiger partial charge in [-0.15, -0.1) is 0 Å². The van der Waals surface area contributed by atoms with Crippen molar-refractivity contribution < 1.29 is 24.2 Å². The topological polar surface area (TPSA) is 153 Å². The Balaban J connectivity index is 1.61. The van der Waals surface area contributed by atoms with Gasteiger partial charge in [0.15, 0.2) is 18.1 Å². The normalized spacial score (nSPS) is 14.0. The van der Waals surface area contributed by atoms with Crippen molar-refractivity contribution >= 4 is 40.7 Å². The Morgan fingerprint density at radius 2 is 1.82 bits per heavy atom. The van der Waals surface area contributed by atoms with Gasteiger partial charge in [0.1, 0.15) is 5.84 Å². The molecule has 12 heteroatoms. The van der Waals surface area contributed by atoms with Crippen LogP contribution in [0.2, 0.25) is 5.02 Å². The number of rotatable bonds is 13. The molecule has 0 aromatic heterocycles. The smallest absolute Gasteiger partial charge is 0.341 e. The molecule has 0 bridgehead atoms. The van der Waals surface area contributed by atoms with Crippen molar-refractivity contribution in [2.45, 2.75) is 26.4 Å². The Morgan fingerprint density at radius 3 is 2.52 bits per heavy atom. The van der Waals surface area contributed by atoms with E-state index >= 15 is 0 Å². The molecule has 0 atom stereocenters. The Bertz CT molecular complexity index is 1480. The number of amides is 1. The number of hydrogen-bond donors (Lipinski definition) is 5. The SMILES string of the molecule is CCOc1cc(CN2CCCN(C)CC2)cc(CNc2ccc(Cl)cc2C(=O)Nc2ccc(C(=N)N)cc2)c1OCC(=O)O. The van der Waals surface area contributed by atoms with E-state index in [1.54, 1.807) is 42.5 Å². The van der Waals surface area contributed by atoms with E-state index in [1.807, 2.05) is 19.1 Å². The molecule has 1 fully saturated rings. The fraction of sp³-hybridized carbons (Fsp3) is 0.344. The van der Waals surface area contributed by atoms with E-state index in [0.29, 0.717) is 57.7 Å². The molecule has 1 amide bonds. The van der Waals surface area contributed by atoms with Crippen molar-refractivity contribution in [2.24, 2.45) is 5.73 Å². The summed E-state index contributed by atoms with van der Waals surface area (Å²) in [7, 11) is 2.13. The molecule has 3 aromatic rings. The summed E-state index contributed by atoms with van der Waals surface area (Å²) in [6, 6.07) is 15.5. The number of carbonyl (C=O) groups excluding carboxylic acids is 1. The summed E-state index contributed by atoms with van der Waals surface area (Å²) >= 11 is 6.28. The third-order valence-corrected chi connectivity index (χ3v) is 7.43. The highest BCUT2D eigenvalue weighted by molar-refractivity contribution is 6.31. The number of benzene rings is 3. The van der Waals surface area contributed by atoms with Crippen LogP contribution in [-0.4, -0.2) is 79.1 Å². The zero-order valence-corrected chi connectivity index (χ0v) is 25.7. The van der Waals surface area contributed by atoms with Crippen LogP contribution in [-0.2, 0) is 17.9 Å². The van der Waals surface area contributed by atoms with Gasteiger partial charge in [0.2, 0.25) is 0 Å². The number of nitrogen functional groups attached to an aromatic ring is 1. The quantitative estimate of drug-likeness (QED) is 0.137. The molecule has 0 radical (unpaired) electrons. The Hall–Kier alpha value is -4.32. The lowest BCUT2D eigenvalue weighted by molar-refractivity contribution is -0.139. The molecule has 3 aromatic carbocycles. The third kappa shape index (κ3) is 9.09. The minimum Gasteiger partial charge on any atom is -0.490 e. The molecule has 4 rings (SSSR count). The number of nitrogens with one attached hydrogen (secondary N) is 3. The maximum atomic E-state index is 13.3. The van der Waals surface area contributed by atoms with Gasteiger partial charge in [-0.2, -0.15) is 0 Å². The lowest BCUT2D eigenvalue weighted by Crippen LogP contribution is -2.28. The van der Waals surface area contributed by atoms with Crippen LogP contribution in [0.5, 0.6) is 11.5 Å². The third-order valence-electron chi connectivity index (χ3n) is 7.20. The van der Waals surface area contributed by atoms with E-state index in [-0.39, 0.29) is 18.3 Å². The number of carbonyl (C=O) groups is 2. The highest BCUT2D eigenvalue weighted by Crippen LogP contribution is 2.35. The summed E-state index contributed by atoms with van der Waals surface area (Å²) < 4.78 is 11.7. The number of aliphatic carboxylic acids is 1. The number of nitrogens with zero attached hydrogens (tertiary/aromatic N) is 2. The first-order valence-electron chi connectivity index (χ1n) is 14.5. The largest absolute Gasteiger partial charge is 0.490 e. The first-order chi connectivity index (χ1) is 21.1. The molecule has 6 N–H and O–H groups in total. The van der Waals surface area contributed by atoms with Gasteiger partial charge in [0, 0.05) is 53.7 Å². The molecule has 1 aliphatic heterocycles. The van der Waals surface area contributed by atoms with Crippen LogP contribution in [0.4, 0.5) is 11.4 Å². The van der Waals surface area contributed by atoms with Gasteiger partial charge < -0.3 is 35.8 Å². The number of carboxylic acid groups (broad SMARTS) is 1. The van der Waals surface area contributed by atoms with Gasteiger partial charge in [-0.1, -0.05) is 11.6 Å². The molecule has 1 heterocycles. The molecule has 0 spiro atoms. The number of likely N-dealkylation sites (N-methyl/N-ethyl adjacent to an activating group) is 1. The van der Waals surface area contributed by atoms with Crippen LogP contribution >= 0.6 is 11.6 Å². The van der Waals surface area contributed by atoms with Crippen LogP contribution in [0.1, 0.15) is 40.4 Å². The monoisotopic (exact) mass is 622 g/mol. The predicted molar refractivity (Wildman–Crippen MR) is 172 cm³/mol. The lowest BCUT2D eigenvalue weighted by Gasteiger charge is -2.23. The minimum atomic E-state index is -1.10. The summed E-state index contributed by atoms with van der Waals surface area (Å²) in [5.41, 5.74) is 9.16. The molecular formula is C32H39ClN6O5. The number of hydrogen-bond acceptors (Lipinski definition) is 8. The number of anilines is 2. The average molecular weight is 623 g/mol. The van der Waals surface area contributed by atoms with Gasteiger partial charge in [-0.3, -0.25) is 15.1 Å². The summed E-state index contributed by atoms with van der Waals surface area (Å²) in [6.07, 6.45) is 1.07. The van der Waals surface area contributed by atoms with Gasteiger partial charge in [-0.25, -0.2) is 4.79 Å². The maximum absolute atomic E-state index is 13.3. The van der Waals surface area contributed by atoms with Crippen LogP contribution in [0, 0.1) is 5.41 Å². The first kappa shape index (κ1) is 32.6. The average Bonchev–Trinajstić information content (AvgIpc) is 3.19. The fourth-order valence-electron chi connectivity index (χ4n) is 5.00. The molecule has 0 aliphatic carbocycles. The molecule has 0 unspecified atom stereocenters. The van der Waals surface area contributed by atoms with E-state index in [1.165, 1.54) is 0 Å². The fourth-order valence-corrected chi connectivity index (χ4v) is 5.18. The summed E-state index contributed by atoms with van der Waals surface area (Å²) in [6.45, 7) is 6.59. The van der Waals surface area contributed by atoms with Gasteiger partial charge in [0.25, 0.3) is 5.91 Å². The summed E-state index contributed by atoms with van der Waals surface area (Å²) in [5, 5.41) is 23.5. The molecular weight excluding hydrogens is 584 g/mol. The standard InChI is InChI=1S/C32H39ClN6O5/c1-3-43-28-16-21(19-39-12-4-11-38(2)13-14-39)15-23(30(28)44-20-29(40)41)18-36-27-10-7-24(33)17-26(27)32(42)37-25-8-5-22(6-9-25)31(34)35/h5-10,15-17,36H,3-4,11-14,18-20H2,1-2H3,(H3,34,35)(H,37,42)(H,40,41). The van der Waals surface area contributed by atoms with Crippen molar-refractivity contribution in [1.29, 1.82) is 5.41 Å². The summed E-state index contributed by atoms with van der Waals surface area (Å²) in [4.78, 5) is 29.5. The van der Waals surface area contributed by atoms with E-state index in [2.05, 4.69) is 27.5 Å². The molecule has 0 saturated carbocycles. The van der Waals surface area contributed by atoms with Crippen molar-refractivity contribution in [2.75, 3.05) is 57.1 Å². The number of carboxylic acids is 1. The predicted octanol–water partition coefficient (Wildman–Crippen LogP) is 4.49. The number of amidine groups is 1. The number of halogens is 1. The second kappa shape index (κ2) is 15.4. The zero-order valence-electron chi connectivity index (χ0n) is 25.0. The van der Waals surface area contributed by atoms with E-state index < -0.39 is 12.6 Å². The van der Waals surface area contributed by atoms with E-state index in [4.69, 9.17) is 32.2 Å². The van der Waals surface area contributed by atoms with Crippen LogP contribution in [0.15, 0.2) is 54.6 Å². The van der Waals surface area contributed by atoms with Crippen LogP contribution < -0.4 is 25.8 Å². The molecule has 44 heavy (non-hydrogen) atoms. The van der Waals surface area contributed by atoms with Crippen LogP contribution in [0.3, 0.4) is 0 Å². The van der Waals surface area contributed by atoms with Gasteiger partial charge in [0.05, 0.1) is 12.2 Å². The van der Waals surface area contributed by atoms with Crippen LogP contribution in [0.25, 0.3) is 0 Å². The van der Waals surface area contributed by atoms with Crippen molar-refractivity contribution in [1.82, 2.24) is 9.80 Å². The Morgan fingerprint density at radius 1 is 1.05 bits per heavy atom. The summed E-state index contributed by atoms with van der Waals surface area (Å²) in [5.74, 6) is -0.740. The highest BCUT2D eigenvalue weighted by Gasteiger charge is 2.20. The van der Waals surface area contributed by atoms with Crippen molar-refractivity contribution in [3.05, 3.63) is 81.9 Å². The number of nitrogens with two attached hydrogens (primary N) is 1. The molecule has 1 aliphatic rings. The zero-order chi connectivity index (χ0) is 31.6. The molecule has 1 saturated heterocycles. The van der Waals surface area contributed by atoms with E-state index in [9.17, 15) is 14.7 Å². The molecule has 234 valence electrons. The Kier molecular flexibility index (Phi) is 11.4. The number of ether oxygens (including phenoxy) is 2. The van der Waals surface area contributed by atoms with Crippen molar-refractivity contribution in [3.63, 3.8) is 0 Å². The van der Waals surface area contributed by atoms with Gasteiger partial charge in [-0.05, 0) is 93.6 Å². The first-order valence-corrected chi connectivity index (χ1v) is 14.8. The van der Waals surface area contributed by atoms with Gasteiger partial charge >= 0.3 is 5.97 Å². The lowest BCUT2D eigenvalue weighted by atomic mass is 10.1. The molecule has 11 nitrogen and oxygen atoms in total. The van der Waals surface area contributed by atoms with Crippen molar-refractivity contribution in [3.8, 4) is 11.5 Å². The maximum Gasteiger partial charge on any atom is 0.341 e. The second-order valence-electron chi connectivity index (χ2n) is 10.6. The Labute approximate surface area is 262 Å².